The molecule has 1 amide bonds. The van der Waals surface area contributed by atoms with Crippen LogP contribution < -0.4 is 5.32 Å². The second kappa shape index (κ2) is 6.00. The van der Waals surface area contributed by atoms with Crippen LogP contribution in [0.2, 0.25) is 0 Å². The molecule has 0 saturated heterocycles. The number of rotatable bonds is 4. The van der Waals surface area contributed by atoms with Crippen LogP contribution in [0, 0.1) is 0 Å². The fourth-order valence-electron chi connectivity index (χ4n) is 1.79. The number of carbonyl (C=O) groups excluding carboxylic acids is 2. The van der Waals surface area contributed by atoms with Gasteiger partial charge in [0.15, 0.2) is 5.78 Å². The molecule has 0 spiro atoms. The molecule has 0 heterocycles. The fraction of sp³-hybridized carbons (Fsp3) is 0.0625. The Morgan fingerprint density at radius 1 is 0.905 bits per heavy atom. The number of hydrogen-bond acceptors (Lipinski definition) is 3. The zero-order valence-corrected chi connectivity index (χ0v) is 11.3. The van der Waals surface area contributed by atoms with Crippen molar-refractivity contribution in [2.75, 3.05) is 5.32 Å². The van der Waals surface area contributed by atoms with Crippen LogP contribution >= 0.6 is 0 Å². The molecule has 0 aliphatic rings. The Morgan fingerprint density at radius 3 is 2.10 bits per heavy atom. The summed E-state index contributed by atoms with van der Waals surface area (Å²) >= 11 is 0. The molecule has 2 rings (SSSR count). The van der Waals surface area contributed by atoms with Gasteiger partial charge in [0, 0.05) is 16.8 Å². The number of hydrogen-bond donors (Lipinski definition) is 2. The van der Waals surface area contributed by atoms with Crippen molar-refractivity contribution in [3.05, 3.63) is 65.2 Å². The van der Waals surface area contributed by atoms with Crippen molar-refractivity contribution in [2.24, 2.45) is 0 Å². The lowest BCUT2D eigenvalue weighted by Crippen LogP contribution is -2.12. The minimum atomic E-state index is -1.06. The number of carbonyl (C=O) groups is 3. The van der Waals surface area contributed by atoms with Gasteiger partial charge >= 0.3 is 5.97 Å². The summed E-state index contributed by atoms with van der Waals surface area (Å²) in [6, 6.07) is 12.2. The highest BCUT2D eigenvalue weighted by Gasteiger charge is 2.09. The predicted molar refractivity (Wildman–Crippen MR) is 77.8 cm³/mol. The Labute approximate surface area is 121 Å². The lowest BCUT2D eigenvalue weighted by atomic mass is 10.1. The van der Waals surface area contributed by atoms with Crippen LogP contribution in [0.5, 0.6) is 0 Å². The van der Waals surface area contributed by atoms with Gasteiger partial charge in [-0.25, -0.2) is 4.79 Å². The third kappa shape index (κ3) is 3.54. The van der Waals surface area contributed by atoms with Crippen LogP contribution in [-0.2, 0) is 0 Å². The van der Waals surface area contributed by atoms with Gasteiger partial charge < -0.3 is 10.4 Å². The molecular weight excluding hydrogens is 270 g/mol. The normalized spacial score (nSPS) is 9.95. The quantitative estimate of drug-likeness (QED) is 0.845. The van der Waals surface area contributed by atoms with Gasteiger partial charge in [-0.1, -0.05) is 18.2 Å². The Morgan fingerprint density at radius 2 is 1.52 bits per heavy atom. The largest absolute Gasteiger partial charge is 0.478 e. The van der Waals surface area contributed by atoms with Gasteiger partial charge in [-0.05, 0) is 37.3 Å². The molecule has 0 radical (unpaired) electrons. The van der Waals surface area contributed by atoms with E-state index in [1.54, 1.807) is 36.4 Å². The zero-order valence-electron chi connectivity index (χ0n) is 11.3. The van der Waals surface area contributed by atoms with Gasteiger partial charge in [-0.2, -0.15) is 0 Å². The Balaban J connectivity index is 2.16. The summed E-state index contributed by atoms with van der Waals surface area (Å²) in [6.07, 6.45) is 0. The molecule has 5 nitrogen and oxygen atoms in total. The number of anilines is 1. The third-order valence-corrected chi connectivity index (χ3v) is 2.92. The van der Waals surface area contributed by atoms with Crippen molar-refractivity contribution in [1.82, 2.24) is 0 Å². The number of amides is 1. The molecule has 0 saturated carbocycles. The lowest BCUT2D eigenvalue weighted by Gasteiger charge is -2.06. The number of Topliss-reactive ketones (excluding diaryl/α,β-unsaturated/α-hetero) is 1. The van der Waals surface area contributed by atoms with E-state index in [-0.39, 0.29) is 17.3 Å². The standard InChI is InChI=1S/C16H13NO4/c1-10(18)11-5-7-12(8-6-11)15(19)17-14-4-2-3-13(9-14)16(20)21/h2-9H,1H3,(H,17,19)(H,20,21). The Hall–Kier alpha value is -2.95. The maximum Gasteiger partial charge on any atom is 0.335 e. The number of benzene rings is 2. The van der Waals surface area contributed by atoms with Crippen LogP contribution in [0.1, 0.15) is 38.0 Å². The summed E-state index contributed by atoms with van der Waals surface area (Å²) < 4.78 is 0. The van der Waals surface area contributed by atoms with Crippen LogP contribution in [0.4, 0.5) is 5.69 Å². The Bertz CT molecular complexity index is 704. The van der Waals surface area contributed by atoms with E-state index in [1.807, 2.05) is 0 Å². The van der Waals surface area contributed by atoms with Crippen molar-refractivity contribution in [2.45, 2.75) is 6.92 Å². The van der Waals surface area contributed by atoms with Crippen LogP contribution in [0.3, 0.4) is 0 Å². The van der Waals surface area contributed by atoms with Crippen LogP contribution in [0.25, 0.3) is 0 Å². The van der Waals surface area contributed by atoms with E-state index < -0.39 is 5.97 Å². The van der Waals surface area contributed by atoms with Crippen LogP contribution in [-0.4, -0.2) is 22.8 Å². The third-order valence-electron chi connectivity index (χ3n) is 2.92. The summed E-state index contributed by atoms with van der Waals surface area (Å²) in [5, 5.41) is 11.5. The molecule has 0 fully saturated rings. The van der Waals surface area contributed by atoms with Crippen molar-refractivity contribution in [3.63, 3.8) is 0 Å². The predicted octanol–water partition coefficient (Wildman–Crippen LogP) is 2.84. The second-order valence-electron chi connectivity index (χ2n) is 4.47. The van der Waals surface area contributed by atoms with E-state index in [4.69, 9.17) is 5.11 Å². The summed E-state index contributed by atoms with van der Waals surface area (Å²) in [5.41, 5.74) is 1.41. The van der Waals surface area contributed by atoms with Gasteiger partial charge in [-0.3, -0.25) is 9.59 Å². The van der Waals surface area contributed by atoms with Gasteiger partial charge in [0.05, 0.1) is 5.56 Å². The monoisotopic (exact) mass is 283 g/mol. The molecule has 21 heavy (non-hydrogen) atoms. The number of carboxylic acid groups (broad SMARTS) is 1. The molecule has 0 aliphatic carbocycles. The first-order valence-corrected chi connectivity index (χ1v) is 6.23. The lowest BCUT2D eigenvalue weighted by molar-refractivity contribution is 0.0696. The van der Waals surface area contributed by atoms with Gasteiger partial charge in [0.2, 0.25) is 0 Å². The molecule has 0 atom stereocenters. The fourth-order valence-corrected chi connectivity index (χ4v) is 1.79. The van der Waals surface area contributed by atoms with Crippen molar-refractivity contribution >= 4 is 23.3 Å². The molecule has 0 unspecified atom stereocenters. The maximum atomic E-state index is 12.0. The first-order chi connectivity index (χ1) is 9.97. The minimum Gasteiger partial charge on any atom is -0.478 e. The first-order valence-electron chi connectivity index (χ1n) is 6.23. The topological polar surface area (TPSA) is 83.5 Å². The first kappa shape index (κ1) is 14.5. The summed E-state index contributed by atoms with van der Waals surface area (Å²) in [4.78, 5) is 34.1. The maximum absolute atomic E-state index is 12.0. The number of ketones is 1. The van der Waals surface area contributed by atoms with E-state index in [0.717, 1.165) is 0 Å². The zero-order chi connectivity index (χ0) is 15.4. The second-order valence-corrected chi connectivity index (χ2v) is 4.47. The summed E-state index contributed by atoms with van der Waals surface area (Å²) in [6.45, 7) is 1.45. The number of carboxylic acids is 1. The smallest absolute Gasteiger partial charge is 0.335 e. The van der Waals surface area contributed by atoms with Gasteiger partial charge in [-0.15, -0.1) is 0 Å². The molecule has 0 aliphatic heterocycles. The molecule has 0 bridgehead atoms. The van der Waals surface area contributed by atoms with Crippen molar-refractivity contribution < 1.29 is 19.5 Å². The van der Waals surface area contributed by atoms with E-state index in [2.05, 4.69) is 5.32 Å². The van der Waals surface area contributed by atoms with E-state index >= 15 is 0 Å². The average Bonchev–Trinajstić information content (AvgIpc) is 2.47. The molecule has 2 aromatic rings. The number of aromatic carboxylic acids is 1. The molecule has 2 N–H and O–H groups in total. The summed E-state index contributed by atoms with van der Waals surface area (Å²) in [7, 11) is 0. The highest BCUT2D eigenvalue weighted by Crippen LogP contribution is 2.13. The molecule has 5 heteroatoms. The van der Waals surface area contributed by atoms with Gasteiger partial charge in [0.25, 0.3) is 5.91 Å². The highest BCUT2D eigenvalue weighted by molar-refractivity contribution is 6.05. The average molecular weight is 283 g/mol. The van der Waals surface area contributed by atoms with Crippen molar-refractivity contribution in [1.29, 1.82) is 0 Å². The number of nitrogens with one attached hydrogen (secondary N) is 1. The Kier molecular flexibility index (Phi) is 4.13. The minimum absolute atomic E-state index is 0.0730. The molecule has 0 aromatic heterocycles. The van der Waals surface area contributed by atoms with E-state index in [0.29, 0.717) is 16.8 Å². The summed E-state index contributed by atoms with van der Waals surface area (Å²) in [5.74, 6) is -1.50. The highest BCUT2D eigenvalue weighted by atomic mass is 16.4. The molecule has 2 aromatic carbocycles. The molecule has 106 valence electrons. The van der Waals surface area contributed by atoms with Gasteiger partial charge in [0.1, 0.15) is 0 Å². The van der Waals surface area contributed by atoms with Crippen LogP contribution in [0.15, 0.2) is 48.5 Å². The SMILES string of the molecule is CC(=O)c1ccc(C(=O)Nc2cccc(C(=O)O)c2)cc1. The molecular formula is C16H13NO4. The van der Waals surface area contributed by atoms with E-state index in [9.17, 15) is 14.4 Å². The van der Waals surface area contributed by atoms with E-state index in [1.165, 1.54) is 19.1 Å². The van der Waals surface area contributed by atoms with Crippen molar-refractivity contribution in [3.8, 4) is 0 Å².